The van der Waals surface area contributed by atoms with Gasteiger partial charge in [-0.1, -0.05) is 6.07 Å². The van der Waals surface area contributed by atoms with Crippen molar-refractivity contribution >= 4 is 11.5 Å². The molecule has 0 bridgehead atoms. The highest BCUT2D eigenvalue weighted by atomic mass is 32.1. The molecule has 0 spiro atoms. The maximum Gasteiger partial charge on any atom is 0.298 e. The van der Waals surface area contributed by atoms with Gasteiger partial charge >= 0.3 is 0 Å². The number of hydrogen-bond donors (Lipinski definition) is 0. The molecule has 0 saturated heterocycles. The zero-order chi connectivity index (χ0) is 13.8. The molecular weight excluding hydrogens is 280 g/mol. The van der Waals surface area contributed by atoms with Crippen LogP contribution in [0.15, 0.2) is 18.2 Å². The first kappa shape index (κ1) is 13.1. The number of para-hydroxylation sites is 1. The van der Waals surface area contributed by atoms with Gasteiger partial charge in [-0.05, 0) is 12.1 Å². The molecule has 3 rings (SSSR count). The summed E-state index contributed by atoms with van der Waals surface area (Å²) in [7, 11) is 1.65. The summed E-state index contributed by atoms with van der Waals surface area (Å²) in [6, 6.07) is 5.53. The fourth-order valence-electron chi connectivity index (χ4n) is 1.80. The summed E-state index contributed by atoms with van der Waals surface area (Å²) in [4.78, 5) is 4.30. The normalized spacial score (nSPS) is 13.2. The van der Waals surface area contributed by atoms with Crippen molar-refractivity contribution in [3.63, 3.8) is 0 Å². The monoisotopic (exact) mass is 294 g/mol. The van der Waals surface area contributed by atoms with Gasteiger partial charge in [-0.25, -0.2) is 0 Å². The summed E-state index contributed by atoms with van der Waals surface area (Å²) in [5, 5.41) is 0.485. The Morgan fingerprint density at radius 3 is 3.10 bits per heavy atom. The summed E-state index contributed by atoms with van der Waals surface area (Å²) in [5.41, 5.74) is 0. The molecule has 0 aliphatic carbocycles. The van der Waals surface area contributed by atoms with Crippen LogP contribution in [0.25, 0.3) is 0 Å². The molecule has 2 aromatic rings. The second-order valence-electron chi connectivity index (χ2n) is 4.10. The Bertz CT molecular complexity index is 588. The smallest absolute Gasteiger partial charge is 0.298 e. The minimum absolute atomic E-state index is 0.485. The fraction of sp³-hybridized carbons (Fsp3) is 0.385. The molecule has 0 amide bonds. The van der Waals surface area contributed by atoms with Crippen LogP contribution in [0.5, 0.6) is 22.4 Å². The maximum atomic E-state index is 5.74. The summed E-state index contributed by atoms with van der Waals surface area (Å²) >= 11 is 1.21. The minimum Gasteiger partial charge on any atom is -0.486 e. The molecule has 0 unspecified atom stereocenters. The van der Waals surface area contributed by atoms with Crippen LogP contribution in [-0.2, 0) is 11.2 Å². The van der Waals surface area contributed by atoms with Gasteiger partial charge in [0.15, 0.2) is 11.5 Å². The molecule has 106 valence electrons. The standard InChI is InChI=1S/C13H14N2O4S/c1-16-6-5-11-14-13(20-15-11)19-10-4-2-3-9-12(10)18-8-7-17-9/h2-4H,5-8H2,1H3. The van der Waals surface area contributed by atoms with Crippen molar-refractivity contribution in [2.24, 2.45) is 0 Å². The van der Waals surface area contributed by atoms with Gasteiger partial charge in [-0.2, -0.15) is 9.36 Å². The van der Waals surface area contributed by atoms with Gasteiger partial charge in [0.2, 0.25) is 5.75 Å². The van der Waals surface area contributed by atoms with Crippen LogP contribution >= 0.6 is 11.5 Å². The summed E-state index contributed by atoms with van der Waals surface area (Å²) < 4.78 is 26.0. The topological polar surface area (TPSA) is 62.7 Å². The third-order valence-corrected chi connectivity index (χ3v) is 3.34. The lowest BCUT2D eigenvalue weighted by atomic mass is 10.3. The van der Waals surface area contributed by atoms with E-state index in [9.17, 15) is 0 Å². The highest BCUT2D eigenvalue weighted by molar-refractivity contribution is 7.07. The molecule has 0 saturated carbocycles. The van der Waals surface area contributed by atoms with E-state index in [-0.39, 0.29) is 0 Å². The van der Waals surface area contributed by atoms with Gasteiger partial charge < -0.3 is 18.9 Å². The van der Waals surface area contributed by atoms with Crippen LogP contribution in [0.2, 0.25) is 0 Å². The zero-order valence-corrected chi connectivity index (χ0v) is 11.8. The van der Waals surface area contributed by atoms with E-state index in [1.54, 1.807) is 7.11 Å². The van der Waals surface area contributed by atoms with Gasteiger partial charge in [0.25, 0.3) is 5.19 Å². The summed E-state index contributed by atoms with van der Waals surface area (Å²) in [5.74, 6) is 2.62. The van der Waals surface area contributed by atoms with E-state index in [1.165, 1.54) is 11.5 Å². The van der Waals surface area contributed by atoms with E-state index in [2.05, 4.69) is 9.36 Å². The molecule has 7 heteroatoms. The minimum atomic E-state index is 0.485. The Balaban J connectivity index is 1.76. The molecule has 1 aliphatic rings. The number of benzene rings is 1. The lowest BCUT2D eigenvalue weighted by Gasteiger charge is -2.19. The van der Waals surface area contributed by atoms with E-state index in [0.29, 0.717) is 54.5 Å². The van der Waals surface area contributed by atoms with Crippen molar-refractivity contribution in [1.29, 1.82) is 0 Å². The van der Waals surface area contributed by atoms with E-state index in [0.717, 1.165) is 0 Å². The molecule has 6 nitrogen and oxygen atoms in total. The molecular formula is C13H14N2O4S. The third-order valence-electron chi connectivity index (χ3n) is 2.71. The Morgan fingerprint density at radius 1 is 1.30 bits per heavy atom. The van der Waals surface area contributed by atoms with Crippen molar-refractivity contribution in [1.82, 2.24) is 9.36 Å². The zero-order valence-electron chi connectivity index (χ0n) is 11.0. The SMILES string of the molecule is COCCc1nsc(Oc2cccc3c2OCCO3)n1. The van der Waals surface area contributed by atoms with Crippen LogP contribution in [0.1, 0.15) is 5.82 Å². The van der Waals surface area contributed by atoms with Crippen molar-refractivity contribution < 1.29 is 18.9 Å². The molecule has 0 N–H and O–H groups in total. The molecule has 2 heterocycles. The molecule has 1 aromatic heterocycles. The maximum absolute atomic E-state index is 5.74. The Labute approximate surface area is 120 Å². The second-order valence-corrected chi connectivity index (χ2v) is 4.82. The largest absolute Gasteiger partial charge is 0.486 e. The molecule has 1 aromatic carbocycles. The van der Waals surface area contributed by atoms with E-state index >= 15 is 0 Å². The highest BCUT2D eigenvalue weighted by Gasteiger charge is 2.18. The molecule has 0 radical (unpaired) electrons. The van der Waals surface area contributed by atoms with Crippen molar-refractivity contribution in [2.45, 2.75) is 6.42 Å². The van der Waals surface area contributed by atoms with E-state index in [1.807, 2.05) is 18.2 Å². The van der Waals surface area contributed by atoms with Crippen molar-refractivity contribution in [3.8, 4) is 22.4 Å². The predicted molar refractivity (Wildman–Crippen MR) is 73.0 cm³/mol. The van der Waals surface area contributed by atoms with Crippen LogP contribution < -0.4 is 14.2 Å². The predicted octanol–water partition coefficient (Wildman–Crippen LogP) is 2.29. The van der Waals surface area contributed by atoms with Crippen molar-refractivity contribution in [3.05, 3.63) is 24.0 Å². The average molecular weight is 294 g/mol. The van der Waals surface area contributed by atoms with Gasteiger partial charge in [-0.15, -0.1) is 0 Å². The van der Waals surface area contributed by atoms with E-state index < -0.39 is 0 Å². The van der Waals surface area contributed by atoms with Crippen LogP contribution in [0.4, 0.5) is 0 Å². The first-order valence-corrected chi connectivity index (χ1v) is 7.02. The number of aromatic nitrogens is 2. The molecule has 20 heavy (non-hydrogen) atoms. The Hall–Kier alpha value is -1.86. The average Bonchev–Trinajstić information content (AvgIpc) is 2.93. The van der Waals surface area contributed by atoms with Crippen LogP contribution in [0, 0.1) is 0 Å². The second kappa shape index (κ2) is 6.06. The lowest BCUT2D eigenvalue weighted by Crippen LogP contribution is -2.15. The number of methoxy groups -OCH3 is 1. The fourth-order valence-corrected chi connectivity index (χ4v) is 2.38. The number of hydrogen-bond acceptors (Lipinski definition) is 7. The first-order valence-electron chi connectivity index (χ1n) is 6.25. The Kier molecular flexibility index (Phi) is 3.98. The summed E-state index contributed by atoms with van der Waals surface area (Å²) in [6.07, 6.45) is 0.670. The van der Waals surface area contributed by atoms with E-state index in [4.69, 9.17) is 18.9 Å². The lowest BCUT2D eigenvalue weighted by molar-refractivity contribution is 0.166. The molecule has 1 aliphatic heterocycles. The number of ether oxygens (including phenoxy) is 4. The number of nitrogens with zero attached hydrogens (tertiary/aromatic N) is 2. The summed E-state index contributed by atoms with van der Waals surface area (Å²) in [6.45, 7) is 1.66. The molecule has 0 atom stereocenters. The van der Waals surface area contributed by atoms with Gasteiger partial charge in [-0.3, -0.25) is 0 Å². The van der Waals surface area contributed by atoms with Gasteiger partial charge in [0.05, 0.1) is 6.61 Å². The molecule has 0 fully saturated rings. The number of fused-ring (bicyclic) bond motifs is 1. The van der Waals surface area contributed by atoms with Crippen LogP contribution in [0.3, 0.4) is 0 Å². The number of rotatable bonds is 5. The van der Waals surface area contributed by atoms with Crippen LogP contribution in [-0.4, -0.2) is 36.3 Å². The van der Waals surface area contributed by atoms with Crippen molar-refractivity contribution in [2.75, 3.05) is 26.9 Å². The van der Waals surface area contributed by atoms with Gasteiger partial charge in [0, 0.05) is 25.1 Å². The Morgan fingerprint density at radius 2 is 2.20 bits per heavy atom. The quantitative estimate of drug-likeness (QED) is 0.843. The third kappa shape index (κ3) is 2.83. The first-order chi connectivity index (χ1) is 9.86. The highest BCUT2D eigenvalue weighted by Crippen LogP contribution is 2.41. The van der Waals surface area contributed by atoms with Gasteiger partial charge in [0.1, 0.15) is 19.0 Å².